The minimum absolute atomic E-state index is 0.626. The molecule has 1 aromatic carbocycles. The van der Waals surface area contributed by atoms with E-state index in [9.17, 15) is 0 Å². The number of ether oxygens (including phenoxy) is 1. The van der Waals surface area contributed by atoms with Gasteiger partial charge < -0.3 is 14.2 Å². The van der Waals surface area contributed by atoms with Crippen molar-refractivity contribution in [1.29, 1.82) is 0 Å². The van der Waals surface area contributed by atoms with Gasteiger partial charge in [0, 0.05) is 44.0 Å². The number of pyridine rings is 1. The lowest BCUT2D eigenvalue weighted by molar-refractivity contribution is 0.0763. The maximum absolute atomic E-state index is 5.90. The summed E-state index contributed by atoms with van der Waals surface area (Å²) in [7, 11) is 2.15. The lowest BCUT2D eigenvalue weighted by Crippen LogP contribution is -2.45. The second kappa shape index (κ2) is 7.68. The molecule has 0 radical (unpaired) electrons. The van der Waals surface area contributed by atoms with Gasteiger partial charge >= 0.3 is 0 Å². The Balaban J connectivity index is 1.38. The Morgan fingerprint density at radius 3 is 2.54 bits per heavy atom. The van der Waals surface area contributed by atoms with Crippen molar-refractivity contribution < 1.29 is 9.26 Å². The molecule has 3 heterocycles. The van der Waals surface area contributed by atoms with Crippen molar-refractivity contribution in [1.82, 2.24) is 19.9 Å². The second-order valence-electron chi connectivity index (χ2n) is 6.51. The first-order valence-corrected chi connectivity index (χ1v) is 8.80. The summed E-state index contributed by atoms with van der Waals surface area (Å²) in [6, 6.07) is 15.6. The monoisotopic (exact) mass is 350 g/mol. The van der Waals surface area contributed by atoms with Gasteiger partial charge in [-0.2, -0.15) is 0 Å². The van der Waals surface area contributed by atoms with Crippen LogP contribution in [0.5, 0.6) is 5.75 Å². The van der Waals surface area contributed by atoms with E-state index >= 15 is 0 Å². The molecule has 1 fully saturated rings. The van der Waals surface area contributed by atoms with Crippen molar-refractivity contribution >= 4 is 0 Å². The Bertz CT molecular complexity index is 825. The van der Waals surface area contributed by atoms with Crippen LogP contribution >= 0.6 is 0 Å². The number of likely N-dealkylation sites (N-methyl/N-ethyl adjacent to an activating group) is 1. The minimum Gasteiger partial charge on any atom is -0.478 e. The number of piperazine rings is 1. The molecule has 0 atom stereocenters. The van der Waals surface area contributed by atoms with Crippen LogP contribution in [0.15, 0.2) is 59.3 Å². The standard InChI is InChI=1S/C20H22N4O2/c1-23-10-12-24(13-11-23)15-25-17-7-5-16(6-8-17)19-14-20(26-22-19)18-4-2-3-9-21-18/h2-9,14H,10-13,15H2,1H3. The maximum atomic E-state index is 5.90. The molecule has 0 saturated carbocycles. The Labute approximate surface area is 153 Å². The molecule has 1 aliphatic heterocycles. The van der Waals surface area contributed by atoms with E-state index in [4.69, 9.17) is 9.26 Å². The third-order valence-electron chi connectivity index (χ3n) is 4.59. The molecule has 0 unspecified atom stereocenters. The number of hydrogen-bond donors (Lipinski definition) is 0. The largest absolute Gasteiger partial charge is 0.478 e. The fraction of sp³-hybridized carbons (Fsp3) is 0.300. The van der Waals surface area contributed by atoms with E-state index < -0.39 is 0 Å². The van der Waals surface area contributed by atoms with E-state index in [0.29, 0.717) is 12.5 Å². The first-order chi connectivity index (χ1) is 12.8. The predicted molar refractivity (Wildman–Crippen MR) is 99.7 cm³/mol. The SMILES string of the molecule is CN1CCN(COc2ccc(-c3cc(-c4ccccn4)on3)cc2)CC1. The summed E-state index contributed by atoms with van der Waals surface area (Å²) in [4.78, 5) is 8.94. The third-order valence-corrected chi connectivity index (χ3v) is 4.59. The highest BCUT2D eigenvalue weighted by Crippen LogP contribution is 2.26. The lowest BCUT2D eigenvalue weighted by Gasteiger charge is -2.31. The summed E-state index contributed by atoms with van der Waals surface area (Å²) in [6.45, 7) is 4.90. The molecule has 26 heavy (non-hydrogen) atoms. The van der Waals surface area contributed by atoms with Crippen molar-refractivity contribution in [3.8, 4) is 28.5 Å². The molecule has 3 aromatic rings. The molecular formula is C20H22N4O2. The number of aromatic nitrogens is 2. The quantitative estimate of drug-likeness (QED) is 0.705. The van der Waals surface area contributed by atoms with Crippen LogP contribution in [-0.2, 0) is 0 Å². The molecule has 2 aromatic heterocycles. The molecule has 6 nitrogen and oxygen atoms in total. The summed E-state index contributed by atoms with van der Waals surface area (Å²) in [5.41, 5.74) is 2.55. The normalized spacial score (nSPS) is 15.9. The molecule has 4 rings (SSSR count). The first-order valence-electron chi connectivity index (χ1n) is 8.80. The van der Waals surface area contributed by atoms with Crippen molar-refractivity contribution in [3.05, 3.63) is 54.7 Å². The molecular weight excluding hydrogens is 328 g/mol. The van der Waals surface area contributed by atoms with Gasteiger partial charge in [-0.1, -0.05) is 11.2 Å². The summed E-state index contributed by atoms with van der Waals surface area (Å²) in [6.07, 6.45) is 1.74. The third kappa shape index (κ3) is 3.92. The molecule has 0 bridgehead atoms. The van der Waals surface area contributed by atoms with E-state index in [1.165, 1.54) is 0 Å². The van der Waals surface area contributed by atoms with E-state index in [2.05, 4.69) is 27.0 Å². The van der Waals surface area contributed by atoms with Crippen molar-refractivity contribution in [3.63, 3.8) is 0 Å². The predicted octanol–water partition coefficient (Wildman–Crippen LogP) is 2.99. The van der Waals surface area contributed by atoms with Gasteiger partial charge in [0.05, 0.1) is 0 Å². The number of nitrogens with zero attached hydrogens (tertiary/aromatic N) is 4. The topological polar surface area (TPSA) is 54.6 Å². The summed E-state index contributed by atoms with van der Waals surface area (Å²) in [5.74, 6) is 1.53. The molecule has 0 amide bonds. The molecule has 6 heteroatoms. The number of hydrogen-bond acceptors (Lipinski definition) is 6. The van der Waals surface area contributed by atoms with Crippen LogP contribution in [-0.4, -0.2) is 59.9 Å². The van der Waals surface area contributed by atoms with Crippen LogP contribution in [0.2, 0.25) is 0 Å². The van der Waals surface area contributed by atoms with E-state index in [1.807, 2.05) is 48.5 Å². The molecule has 1 saturated heterocycles. The van der Waals surface area contributed by atoms with Crippen molar-refractivity contribution in [2.75, 3.05) is 40.0 Å². The molecule has 0 aliphatic carbocycles. The highest BCUT2D eigenvalue weighted by atomic mass is 16.5. The average molecular weight is 350 g/mol. The van der Waals surface area contributed by atoms with Crippen LogP contribution in [0, 0.1) is 0 Å². The maximum Gasteiger partial charge on any atom is 0.185 e. The van der Waals surface area contributed by atoms with Gasteiger partial charge in [-0.25, -0.2) is 0 Å². The fourth-order valence-corrected chi connectivity index (χ4v) is 2.91. The van der Waals surface area contributed by atoms with Crippen LogP contribution in [0.25, 0.3) is 22.7 Å². The zero-order valence-electron chi connectivity index (χ0n) is 14.8. The molecule has 0 N–H and O–H groups in total. The highest BCUT2D eigenvalue weighted by Gasteiger charge is 2.14. The van der Waals surface area contributed by atoms with Crippen LogP contribution in [0.4, 0.5) is 0 Å². The Kier molecular flexibility index (Phi) is 4.95. The number of benzene rings is 1. The minimum atomic E-state index is 0.626. The fourth-order valence-electron chi connectivity index (χ4n) is 2.91. The lowest BCUT2D eigenvalue weighted by atomic mass is 10.1. The van der Waals surface area contributed by atoms with Crippen molar-refractivity contribution in [2.24, 2.45) is 0 Å². The smallest absolute Gasteiger partial charge is 0.185 e. The highest BCUT2D eigenvalue weighted by molar-refractivity contribution is 5.65. The Hall–Kier alpha value is -2.70. The Morgan fingerprint density at radius 2 is 1.81 bits per heavy atom. The molecule has 0 spiro atoms. The van der Waals surface area contributed by atoms with Gasteiger partial charge in [-0.3, -0.25) is 9.88 Å². The van der Waals surface area contributed by atoms with Crippen LogP contribution in [0.3, 0.4) is 0 Å². The summed E-state index contributed by atoms with van der Waals surface area (Å²) >= 11 is 0. The van der Waals surface area contributed by atoms with Gasteiger partial charge in [-0.15, -0.1) is 0 Å². The van der Waals surface area contributed by atoms with E-state index in [1.54, 1.807) is 6.20 Å². The van der Waals surface area contributed by atoms with Gasteiger partial charge in [0.15, 0.2) is 5.76 Å². The zero-order chi connectivity index (χ0) is 17.8. The first kappa shape index (κ1) is 16.8. The summed E-state index contributed by atoms with van der Waals surface area (Å²) in [5, 5.41) is 4.15. The summed E-state index contributed by atoms with van der Waals surface area (Å²) < 4.78 is 11.3. The van der Waals surface area contributed by atoms with Gasteiger partial charge in [-0.05, 0) is 43.4 Å². The second-order valence-corrected chi connectivity index (χ2v) is 6.51. The average Bonchev–Trinajstić information content (AvgIpc) is 3.19. The Morgan fingerprint density at radius 1 is 1.00 bits per heavy atom. The van der Waals surface area contributed by atoms with E-state index in [-0.39, 0.29) is 0 Å². The molecule has 1 aliphatic rings. The molecule has 134 valence electrons. The van der Waals surface area contributed by atoms with Crippen molar-refractivity contribution in [2.45, 2.75) is 0 Å². The van der Waals surface area contributed by atoms with E-state index in [0.717, 1.165) is 48.9 Å². The van der Waals surface area contributed by atoms with Gasteiger partial charge in [0.25, 0.3) is 0 Å². The van der Waals surface area contributed by atoms with Crippen LogP contribution < -0.4 is 4.74 Å². The van der Waals surface area contributed by atoms with Gasteiger partial charge in [0.1, 0.15) is 23.9 Å². The van der Waals surface area contributed by atoms with Crippen LogP contribution in [0.1, 0.15) is 0 Å². The van der Waals surface area contributed by atoms with Gasteiger partial charge in [0.2, 0.25) is 0 Å². The zero-order valence-corrected chi connectivity index (χ0v) is 14.8. The number of rotatable bonds is 5.